The minimum atomic E-state index is -0.412. The van der Waals surface area contributed by atoms with Crippen LogP contribution in [0.3, 0.4) is 0 Å². The van der Waals surface area contributed by atoms with Crippen molar-refractivity contribution in [3.63, 3.8) is 0 Å². The van der Waals surface area contributed by atoms with Crippen LogP contribution >= 0.6 is 0 Å². The number of benzene rings is 2. The van der Waals surface area contributed by atoms with Crippen LogP contribution in [0.25, 0.3) is 0 Å². The van der Waals surface area contributed by atoms with Crippen LogP contribution in [0.4, 0.5) is 11.6 Å². The van der Waals surface area contributed by atoms with Crippen molar-refractivity contribution in [1.29, 1.82) is 0 Å². The highest BCUT2D eigenvalue weighted by molar-refractivity contribution is 5.42. The molecule has 3 atom stereocenters. The zero-order valence-corrected chi connectivity index (χ0v) is 13.9. The number of nitro groups is 1. The molecular weight excluding hydrogens is 332 g/mol. The third kappa shape index (κ3) is 2.72. The zero-order valence-electron chi connectivity index (χ0n) is 13.9. The quantitative estimate of drug-likeness (QED) is 0.557. The summed E-state index contributed by atoms with van der Waals surface area (Å²) in [6, 6.07) is 16.1. The molecule has 0 aliphatic carbocycles. The first kappa shape index (κ1) is 16.3. The van der Waals surface area contributed by atoms with Gasteiger partial charge in [0.05, 0.1) is 23.6 Å². The van der Waals surface area contributed by atoms with E-state index in [4.69, 9.17) is 0 Å². The molecule has 0 radical (unpaired) electrons. The second kappa shape index (κ2) is 6.61. The summed E-state index contributed by atoms with van der Waals surface area (Å²) < 4.78 is 1.97. The van der Waals surface area contributed by atoms with Gasteiger partial charge in [-0.25, -0.2) is 4.98 Å². The number of nitro benzene ring substituents is 1. The summed E-state index contributed by atoms with van der Waals surface area (Å²) in [4.78, 5) is 14.9. The van der Waals surface area contributed by atoms with E-state index in [1.165, 1.54) is 12.1 Å². The minimum absolute atomic E-state index is 0.0359. The molecule has 0 fully saturated rings. The van der Waals surface area contributed by atoms with E-state index in [9.17, 15) is 15.2 Å². The molecule has 2 N–H and O–H groups in total. The van der Waals surface area contributed by atoms with Crippen molar-refractivity contribution in [2.75, 3.05) is 11.9 Å². The predicted octanol–water partition coefficient (Wildman–Crippen LogP) is 3.16. The lowest BCUT2D eigenvalue weighted by atomic mass is 9.82. The monoisotopic (exact) mass is 350 g/mol. The first-order valence-corrected chi connectivity index (χ1v) is 8.38. The molecule has 7 nitrogen and oxygen atoms in total. The highest BCUT2D eigenvalue weighted by Crippen LogP contribution is 2.42. The molecule has 0 bridgehead atoms. The van der Waals surface area contributed by atoms with Gasteiger partial charge in [-0.2, -0.15) is 0 Å². The number of imidazole rings is 1. The number of aliphatic hydroxyl groups is 1. The molecule has 0 saturated heterocycles. The molecule has 132 valence electrons. The van der Waals surface area contributed by atoms with Gasteiger partial charge in [0.1, 0.15) is 0 Å². The van der Waals surface area contributed by atoms with Crippen molar-refractivity contribution in [2.24, 2.45) is 5.92 Å². The van der Waals surface area contributed by atoms with E-state index < -0.39 is 4.92 Å². The van der Waals surface area contributed by atoms with Crippen molar-refractivity contribution in [1.82, 2.24) is 9.55 Å². The summed E-state index contributed by atoms with van der Waals surface area (Å²) in [6.45, 7) is -0.0359. The number of fused-ring (bicyclic) bond motifs is 1. The molecule has 0 amide bonds. The molecule has 0 saturated carbocycles. The lowest BCUT2D eigenvalue weighted by Crippen LogP contribution is -2.38. The highest BCUT2D eigenvalue weighted by Gasteiger charge is 2.38. The van der Waals surface area contributed by atoms with Crippen LogP contribution in [0.5, 0.6) is 0 Å². The van der Waals surface area contributed by atoms with E-state index in [2.05, 4.69) is 10.3 Å². The van der Waals surface area contributed by atoms with Gasteiger partial charge in [0, 0.05) is 30.4 Å². The van der Waals surface area contributed by atoms with E-state index >= 15 is 0 Å². The van der Waals surface area contributed by atoms with Gasteiger partial charge in [-0.3, -0.25) is 10.1 Å². The van der Waals surface area contributed by atoms with Gasteiger partial charge in [-0.15, -0.1) is 0 Å². The topological polar surface area (TPSA) is 93.2 Å². The first-order chi connectivity index (χ1) is 12.7. The Morgan fingerprint density at radius 3 is 2.50 bits per heavy atom. The van der Waals surface area contributed by atoms with E-state index in [1.807, 2.05) is 41.1 Å². The Balaban J connectivity index is 1.79. The fourth-order valence-corrected chi connectivity index (χ4v) is 3.68. The Hall–Kier alpha value is -3.19. The molecule has 2 aromatic carbocycles. The summed E-state index contributed by atoms with van der Waals surface area (Å²) in [7, 11) is 0. The average molecular weight is 350 g/mol. The first-order valence-electron chi connectivity index (χ1n) is 8.38. The van der Waals surface area contributed by atoms with Crippen molar-refractivity contribution in [3.8, 4) is 0 Å². The number of hydrogen-bond donors (Lipinski definition) is 2. The summed E-state index contributed by atoms with van der Waals surface area (Å²) in [5.41, 5.74) is 2.01. The van der Waals surface area contributed by atoms with Crippen LogP contribution < -0.4 is 5.32 Å². The fourth-order valence-electron chi connectivity index (χ4n) is 3.68. The number of nitrogens with one attached hydrogen (secondary N) is 1. The Kier molecular flexibility index (Phi) is 4.14. The zero-order chi connectivity index (χ0) is 18.1. The summed E-state index contributed by atoms with van der Waals surface area (Å²) in [6.07, 6.45) is 3.57. The lowest BCUT2D eigenvalue weighted by Gasteiger charge is -2.40. The van der Waals surface area contributed by atoms with Gasteiger partial charge < -0.3 is 15.0 Å². The number of aromatic nitrogens is 2. The van der Waals surface area contributed by atoms with Crippen molar-refractivity contribution < 1.29 is 10.0 Å². The normalized spacial score (nSPS) is 21.7. The molecule has 1 aromatic heterocycles. The molecule has 7 heteroatoms. The number of hydrogen-bond acceptors (Lipinski definition) is 5. The summed E-state index contributed by atoms with van der Waals surface area (Å²) in [5, 5.41) is 24.5. The third-order valence-electron chi connectivity index (χ3n) is 4.90. The number of aliphatic hydroxyl groups excluding tert-OH is 1. The van der Waals surface area contributed by atoms with Crippen LogP contribution in [-0.2, 0) is 0 Å². The second-order valence-electron chi connectivity index (χ2n) is 6.33. The predicted molar refractivity (Wildman–Crippen MR) is 96.8 cm³/mol. The maximum Gasteiger partial charge on any atom is 0.269 e. The average Bonchev–Trinajstić information content (AvgIpc) is 3.15. The fraction of sp³-hybridized carbons (Fsp3) is 0.211. The van der Waals surface area contributed by atoms with Gasteiger partial charge in [0.2, 0.25) is 5.95 Å². The summed E-state index contributed by atoms with van der Waals surface area (Å²) >= 11 is 0. The van der Waals surface area contributed by atoms with Crippen molar-refractivity contribution in [2.45, 2.75) is 12.1 Å². The molecule has 1 aliphatic heterocycles. The standard InChI is InChI=1S/C19H18N4O3/c24-12-16-17(13-4-2-1-3-5-13)21-19-20-10-11-22(19)18(16)14-6-8-15(9-7-14)23(25)26/h1-11,16-18,24H,12H2,(H,20,21)/t16-,17-,18+/m0/s1. The van der Waals surface area contributed by atoms with Gasteiger partial charge in [-0.1, -0.05) is 42.5 Å². The molecule has 0 spiro atoms. The van der Waals surface area contributed by atoms with E-state index in [1.54, 1.807) is 18.3 Å². The Labute approximate surface area is 150 Å². The molecule has 3 aromatic rings. The van der Waals surface area contributed by atoms with Crippen LogP contribution in [0.1, 0.15) is 23.2 Å². The van der Waals surface area contributed by atoms with Gasteiger partial charge in [0.25, 0.3) is 5.69 Å². The lowest BCUT2D eigenvalue weighted by molar-refractivity contribution is -0.384. The van der Waals surface area contributed by atoms with Gasteiger partial charge >= 0.3 is 0 Å². The van der Waals surface area contributed by atoms with Crippen LogP contribution in [0.2, 0.25) is 0 Å². The Bertz CT molecular complexity index is 908. The van der Waals surface area contributed by atoms with Crippen molar-refractivity contribution >= 4 is 11.6 Å². The van der Waals surface area contributed by atoms with Crippen LogP contribution in [0.15, 0.2) is 67.0 Å². The number of rotatable bonds is 4. The van der Waals surface area contributed by atoms with E-state index in [0.717, 1.165) is 11.1 Å². The number of anilines is 1. The van der Waals surface area contributed by atoms with Crippen molar-refractivity contribution in [3.05, 3.63) is 88.2 Å². The second-order valence-corrected chi connectivity index (χ2v) is 6.33. The minimum Gasteiger partial charge on any atom is -0.396 e. The summed E-state index contributed by atoms with van der Waals surface area (Å²) in [5.74, 6) is 0.562. The molecule has 4 rings (SSSR count). The molecule has 26 heavy (non-hydrogen) atoms. The maximum atomic E-state index is 10.9. The van der Waals surface area contributed by atoms with Crippen LogP contribution in [0, 0.1) is 16.0 Å². The molecule has 1 aliphatic rings. The van der Waals surface area contributed by atoms with E-state index in [0.29, 0.717) is 5.95 Å². The smallest absolute Gasteiger partial charge is 0.269 e. The van der Waals surface area contributed by atoms with Gasteiger partial charge in [-0.05, 0) is 11.1 Å². The SMILES string of the molecule is O=[N+]([O-])c1ccc([C@@H]2[C@@H](CO)[C@H](c3ccccc3)Nc3nccn32)cc1. The highest BCUT2D eigenvalue weighted by atomic mass is 16.6. The van der Waals surface area contributed by atoms with Gasteiger partial charge in [0.15, 0.2) is 0 Å². The van der Waals surface area contributed by atoms with E-state index in [-0.39, 0.29) is 30.3 Å². The molecule has 2 heterocycles. The number of nitrogens with zero attached hydrogens (tertiary/aromatic N) is 3. The Morgan fingerprint density at radius 1 is 1.12 bits per heavy atom. The largest absolute Gasteiger partial charge is 0.396 e. The molecule has 0 unspecified atom stereocenters. The third-order valence-corrected chi connectivity index (χ3v) is 4.90. The molecular formula is C19H18N4O3. The van der Waals surface area contributed by atoms with Crippen LogP contribution in [-0.4, -0.2) is 26.2 Å². The Morgan fingerprint density at radius 2 is 1.85 bits per heavy atom. The maximum absolute atomic E-state index is 10.9. The number of non-ortho nitro benzene ring substituents is 1.